The number of hydrogen-bond donors (Lipinski definition) is 4. The summed E-state index contributed by atoms with van der Waals surface area (Å²) in [5, 5.41) is 24.4. The van der Waals surface area contributed by atoms with Crippen LogP contribution in [0.3, 0.4) is 0 Å². The van der Waals surface area contributed by atoms with E-state index < -0.39 is 21.8 Å². The van der Waals surface area contributed by atoms with Crippen LogP contribution in [0.4, 0.5) is 11.4 Å². The van der Waals surface area contributed by atoms with Gasteiger partial charge in [-0.15, -0.1) is 0 Å². The molecule has 12 heteroatoms. The van der Waals surface area contributed by atoms with Crippen molar-refractivity contribution in [3.05, 3.63) is 100 Å². The summed E-state index contributed by atoms with van der Waals surface area (Å²) in [6.45, 7) is 3.75. The van der Waals surface area contributed by atoms with Crippen molar-refractivity contribution in [1.82, 2.24) is 5.32 Å². The molecule has 0 radical (unpaired) electrons. The SMILES string of the molecule is CCc1ccc(NC(=O)CSC2=C(C#N)[C@H](c3ccco3)C(C(=O)Nc3ccc(S(N)(=O)=O)cc3)=C(C)N2)cc1. The van der Waals surface area contributed by atoms with Crippen LogP contribution in [0, 0.1) is 11.3 Å². The zero-order valence-corrected chi connectivity index (χ0v) is 23.4. The Labute approximate surface area is 236 Å². The van der Waals surface area contributed by atoms with Gasteiger partial charge in [0.1, 0.15) is 5.76 Å². The zero-order valence-electron chi connectivity index (χ0n) is 21.7. The monoisotopic (exact) mass is 577 g/mol. The van der Waals surface area contributed by atoms with Crippen molar-refractivity contribution in [1.29, 1.82) is 5.26 Å². The maximum absolute atomic E-state index is 13.5. The topological polar surface area (TPSA) is 167 Å². The second-order valence-corrected chi connectivity index (χ2v) is 11.4. The lowest BCUT2D eigenvalue weighted by atomic mass is 9.85. The molecule has 5 N–H and O–H groups in total. The summed E-state index contributed by atoms with van der Waals surface area (Å²) in [6.07, 6.45) is 2.35. The van der Waals surface area contributed by atoms with Crippen molar-refractivity contribution in [3.8, 4) is 6.07 Å². The molecular formula is C28H27N5O5S2. The van der Waals surface area contributed by atoms with E-state index in [4.69, 9.17) is 9.56 Å². The van der Waals surface area contributed by atoms with Gasteiger partial charge >= 0.3 is 0 Å². The number of thioether (sulfide) groups is 1. The highest BCUT2D eigenvalue weighted by molar-refractivity contribution is 8.03. The molecule has 10 nitrogen and oxygen atoms in total. The van der Waals surface area contributed by atoms with Crippen LogP contribution in [0.1, 0.15) is 31.1 Å². The van der Waals surface area contributed by atoms with Crippen molar-refractivity contribution in [2.24, 2.45) is 5.14 Å². The second kappa shape index (κ2) is 12.3. The Balaban J connectivity index is 1.55. The van der Waals surface area contributed by atoms with E-state index in [1.54, 1.807) is 19.1 Å². The van der Waals surface area contributed by atoms with Gasteiger partial charge in [0.25, 0.3) is 5.91 Å². The first kappa shape index (κ1) is 28.7. The Morgan fingerprint density at radius 1 is 1.07 bits per heavy atom. The summed E-state index contributed by atoms with van der Waals surface area (Å²) in [4.78, 5) is 26.0. The molecule has 1 aromatic heterocycles. The van der Waals surface area contributed by atoms with Gasteiger partial charge in [0.15, 0.2) is 0 Å². The van der Waals surface area contributed by atoms with Crippen molar-refractivity contribution in [2.45, 2.75) is 31.1 Å². The number of carbonyl (C=O) groups excluding carboxylic acids is 2. The zero-order chi connectivity index (χ0) is 28.9. The van der Waals surface area contributed by atoms with Crippen molar-refractivity contribution in [3.63, 3.8) is 0 Å². The maximum Gasteiger partial charge on any atom is 0.254 e. The number of aryl methyl sites for hydroxylation is 1. The molecule has 206 valence electrons. The number of nitriles is 1. The van der Waals surface area contributed by atoms with Crippen LogP contribution in [-0.4, -0.2) is 26.0 Å². The van der Waals surface area contributed by atoms with E-state index >= 15 is 0 Å². The first-order chi connectivity index (χ1) is 19.1. The number of allylic oxidation sites excluding steroid dienone is 2. The lowest BCUT2D eigenvalue weighted by Crippen LogP contribution is -2.31. The number of benzene rings is 2. The number of anilines is 2. The maximum atomic E-state index is 13.5. The summed E-state index contributed by atoms with van der Waals surface area (Å²) in [5.41, 5.74) is 3.11. The quantitative estimate of drug-likeness (QED) is 0.294. The molecule has 0 spiro atoms. The number of dihydropyridines is 1. The highest BCUT2D eigenvalue weighted by atomic mass is 32.2. The van der Waals surface area contributed by atoms with Gasteiger partial charge in [-0.3, -0.25) is 9.59 Å². The fourth-order valence-corrected chi connectivity index (χ4v) is 5.56. The largest absolute Gasteiger partial charge is 0.468 e. The van der Waals surface area contributed by atoms with Gasteiger partial charge < -0.3 is 20.4 Å². The Morgan fingerprint density at radius 3 is 2.30 bits per heavy atom. The predicted molar refractivity (Wildman–Crippen MR) is 153 cm³/mol. The van der Waals surface area contributed by atoms with Crippen LogP contribution >= 0.6 is 11.8 Å². The Bertz CT molecular complexity index is 1620. The molecule has 0 saturated heterocycles. The molecule has 0 saturated carbocycles. The van der Waals surface area contributed by atoms with Gasteiger partial charge in [-0.2, -0.15) is 5.26 Å². The fraction of sp³-hybridized carbons (Fsp3) is 0.179. The number of nitrogens with zero attached hydrogens (tertiary/aromatic N) is 1. The van der Waals surface area contributed by atoms with Crippen LogP contribution in [0.15, 0.2) is 98.1 Å². The molecular weight excluding hydrogens is 550 g/mol. The van der Waals surface area contributed by atoms with E-state index in [0.29, 0.717) is 27.9 Å². The van der Waals surface area contributed by atoms with Gasteiger partial charge in [-0.05, 0) is 67.4 Å². The van der Waals surface area contributed by atoms with Crippen LogP contribution in [-0.2, 0) is 26.0 Å². The van der Waals surface area contributed by atoms with E-state index in [1.165, 1.54) is 30.5 Å². The number of furan rings is 1. The van der Waals surface area contributed by atoms with Gasteiger partial charge in [-0.25, -0.2) is 13.6 Å². The van der Waals surface area contributed by atoms with E-state index in [1.807, 2.05) is 24.3 Å². The van der Waals surface area contributed by atoms with E-state index in [-0.39, 0.29) is 27.7 Å². The third-order valence-electron chi connectivity index (χ3n) is 6.15. The number of sulfonamides is 1. The summed E-state index contributed by atoms with van der Waals surface area (Å²) in [7, 11) is -3.88. The average Bonchev–Trinajstić information content (AvgIpc) is 3.46. The molecule has 2 amide bonds. The van der Waals surface area contributed by atoms with Crippen molar-refractivity contribution in [2.75, 3.05) is 16.4 Å². The normalized spacial score (nSPS) is 15.3. The molecule has 1 atom stereocenters. The third-order valence-corrected chi connectivity index (χ3v) is 8.10. The molecule has 0 unspecified atom stereocenters. The summed E-state index contributed by atoms with van der Waals surface area (Å²) in [6, 6.07) is 18.5. The van der Waals surface area contributed by atoms with E-state index in [9.17, 15) is 23.3 Å². The van der Waals surface area contributed by atoms with Gasteiger partial charge in [0.05, 0.1) is 45.1 Å². The van der Waals surface area contributed by atoms with Crippen LogP contribution in [0.25, 0.3) is 0 Å². The molecule has 3 aromatic rings. The number of nitrogens with one attached hydrogen (secondary N) is 3. The Kier molecular flexibility index (Phi) is 8.79. The standard InChI is InChI=1S/C28H27N5O5S2/c1-3-18-6-8-19(9-7-18)32-24(34)16-39-28-22(15-29)26(23-5-4-14-38-23)25(17(2)31-28)27(35)33-20-10-12-21(13-11-20)40(30,36)37/h4-14,26,31H,3,16H2,1-2H3,(H,32,34)(H,33,35)(H2,30,36,37)/t26-/m1/s1. The molecule has 1 aliphatic heterocycles. The number of amides is 2. The first-order valence-electron chi connectivity index (χ1n) is 12.2. The molecule has 0 fully saturated rings. The number of nitrogens with two attached hydrogens (primary N) is 1. The minimum absolute atomic E-state index is 0.0269. The number of primary sulfonamides is 1. The van der Waals surface area contributed by atoms with Crippen molar-refractivity contribution < 1.29 is 22.4 Å². The second-order valence-electron chi connectivity index (χ2n) is 8.88. The molecule has 4 rings (SSSR count). The molecule has 1 aliphatic rings. The van der Waals surface area contributed by atoms with Crippen LogP contribution in [0.2, 0.25) is 0 Å². The fourth-order valence-electron chi connectivity index (χ4n) is 4.15. The lowest BCUT2D eigenvalue weighted by molar-refractivity contribution is -0.114. The molecule has 0 bridgehead atoms. The third kappa shape index (κ3) is 6.63. The highest BCUT2D eigenvalue weighted by Gasteiger charge is 2.36. The number of hydrogen-bond acceptors (Lipinski definition) is 8. The number of rotatable bonds is 9. The Morgan fingerprint density at radius 2 is 1.73 bits per heavy atom. The minimum Gasteiger partial charge on any atom is -0.468 e. The van der Waals surface area contributed by atoms with E-state index in [2.05, 4.69) is 28.9 Å². The van der Waals surface area contributed by atoms with Gasteiger partial charge in [-0.1, -0.05) is 30.8 Å². The molecule has 2 aromatic carbocycles. The first-order valence-corrected chi connectivity index (χ1v) is 14.7. The predicted octanol–water partition coefficient (Wildman–Crippen LogP) is 4.20. The average molecular weight is 578 g/mol. The number of carbonyl (C=O) groups is 2. The van der Waals surface area contributed by atoms with Crippen molar-refractivity contribution >= 4 is 45.0 Å². The Hall–Kier alpha value is -4.31. The smallest absolute Gasteiger partial charge is 0.254 e. The van der Waals surface area contributed by atoms with Gasteiger partial charge in [0, 0.05) is 17.1 Å². The van der Waals surface area contributed by atoms with Crippen LogP contribution < -0.4 is 21.1 Å². The lowest BCUT2D eigenvalue weighted by Gasteiger charge is -2.28. The molecule has 0 aliphatic carbocycles. The van der Waals surface area contributed by atoms with E-state index in [0.717, 1.165) is 23.7 Å². The molecule has 2 heterocycles. The summed E-state index contributed by atoms with van der Waals surface area (Å²) < 4.78 is 28.7. The van der Waals surface area contributed by atoms with Gasteiger partial charge in [0.2, 0.25) is 15.9 Å². The highest BCUT2D eigenvalue weighted by Crippen LogP contribution is 2.41. The van der Waals surface area contributed by atoms with Crippen LogP contribution in [0.5, 0.6) is 0 Å². The summed E-state index contributed by atoms with van der Waals surface area (Å²) >= 11 is 1.15. The minimum atomic E-state index is -3.88. The summed E-state index contributed by atoms with van der Waals surface area (Å²) in [5.74, 6) is -1.19. The molecule has 40 heavy (non-hydrogen) atoms.